The number of aryl methyl sites for hydroxylation is 1. The zero-order valence-corrected chi connectivity index (χ0v) is 18.7. The summed E-state index contributed by atoms with van der Waals surface area (Å²) in [6, 6.07) is 9.38. The lowest BCUT2D eigenvalue weighted by Crippen LogP contribution is -2.29. The molecule has 3 rings (SSSR count). The van der Waals surface area contributed by atoms with Crippen LogP contribution in [0.2, 0.25) is 0 Å². The second-order valence-electron chi connectivity index (χ2n) is 6.96. The summed E-state index contributed by atoms with van der Waals surface area (Å²) in [5.74, 6) is -0.501. The maximum Gasteiger partial charge on any atom is 0.353 e. The number of esters is 1. The molecular weight excluding hydrogens is 434 g/mol. The molecule has 0 aliphatic rings. The van der Waals surface area contributed by atoms with Crippen molar-refractivity contribution in [2.45, 2.75) is 33.7 Å². The van der Waals surface area contributed by atoms with Crippen LogP contribution in [-0.2, 0) is 4.79 Å². The number of amides is 1. The van der Waals surface area contributed by atoms with Crippen LogP contribution in [0.4, 0.5) is 5.69 Å². The van der Waals surface area contributed by atoms with Gasteiger partial charge in [-0.25, -0.2) is 10.2 Å². The van der Waals surface area contributed by atoms with Crippen LogP contribution in [0.15, 0.2) is 46.9 Å². The number of carbonyl (C=O) groups is 2. The molecule has 0 aliphatic carbocycles. The van der Waals surface area contributed by atoms with Crippen molar-refractivity contribution in [1.29, 1.82) is 0 Å². The van der Waals surface area contributed by atoms with E-state index in [1.165, 1.54) is 22.9 Å². The Bertz CT molecular complexity index is 1180. The highest BCUT2D eigenvalue weighted by Gasteiger charge is 2.27. The molecule has 1 N–H and O–H groups in total. The quantitative estimate of drug-likeness (QED) is 0.190. The van der Waals surface area contributed by atoms with Crippen LogP contribution in [0, 0.1) is 24.0 Å². The fraction of sp³-hybridized carbons (Fsp3) is 0.238. The van der Waals surface area contributed by atoms with Crippen molar-refractivity contribution >= 4 is 34.6 Å². The second kappa shape index (κ2) is 9.52. The van der Waals surface area contributed by atoms with Gasteiger partial charge in [0.05, 0.1) is 10.6 Å². The Morgan fingerprint density at radius 1 is 1.25 bits per heavy atom. The van der Waals surface area contributed by atoms with Crippen molar-refractivity contribution in [3.63, 3.8) is 0 Å². The number of thiophene rings is 1. The van der Waals surface area contributed by atoms with Gasteiger partial charge >= 0.3 is 11.7 Å². The number of benzene rings is 1. The number of hydrogen-bond donors (Lipinski definition) is 1. The number of aromatic nitrogens is 2. The zero-order valence-electron chi connectivity index (χ0n) is 17.9. The summed E-state index contributed by atoms with van der Waals surface area (Å²) < 4.78 is 6.63. The monoisotopic (exact) mass is 455 g/mol. The molecule has 1 unspecified atom stereocenters. The van der Waals surface area contributed by atoms with Gasteiger partial charge in [-0.15, -0.1) is 11.3 Å². The second-order valence-corrected chi connectivity index (χ2v) is 7.91. The normalized spacial score (nSPS) is 12.3. The molecule has 10 nitrogen and oxygen atoms in total. The molecule has 1 aromatic carbocycles. The highest BCUT2D eigenvalue weighted by molar-refractivity contribution is 7.12. The number of hydrazone groups is 1. The third-order valence-corrected chi connectivity index (χ3v) is 5.60. The van der Waals surface area contributed by atoms with Gasteiger partial charge in [-0.3, -0.25) is 19.6 Å². The SMILES string of the molecule is C/C(=N\NC(=O)C(C)n1nc(C)c([N+](=O)[O-])c1C)c1ccc(OC(=O)c2cccs2)cc1. The van der Waals surface area contributed by atoms with Gasteiger partial charge in [-0.05, 0) is 69.0 Å². The Hall–Kier alpha value is -3.86. The Kier molecular flexibility index (Phi) is 6.79. The van der Waals surface area contributed by atoms with Gasteiger partial charge in [-0.1, -0.05) is 6.07 Å². The largest absolute Gasteiger partial charge is 0.422 e. The lowest BCUT2D eigenvalue weighted by atomic mass is 10.1. The molecule has 2 aromatic heterocycles. The fourth-order valence-electron chi connectivity index (χ4n) is 3.02. The highest BCUT2D eigenvalue weighted by atomic mass is 32.1. The molecule has 0 spiro atoms. The molecule has 32 heavy (non-hydrogen) atoms. The van der Waals surface area contributed by atoms with Crippen molar-refractivity contribution in [2.24, 2.45) is 5.10 Å². The number of ether oxygens (including phenoxy) is 1. The Morgan fingerprint density at radius 3 is 2.50 bits per heavy atom. The molecule has 3 aromatic rings. The summed E-state index contributed by atoms with van der Waals surface area (Å²) in [7, 11) is 0. The summed E-state index contributed by atoms with van der Waals surface area (Å²) in [5, 5.41) is 21.2. The van der Waals surface area contributed by atoms with E-state index in [0.717, 1.165) is 5.56 Å². The first-order chi connectivity index (χ1) is 15.2. The van der Waals surface area contributed by atoms with Crippen LogP contribution >= 0.6 is 11.3 Å². The molecule has 0 radical (unpaired) electrons. The average Bonchev–Trinajstić information content (AvgIpc) is 3.39. The zero-order chi connectivity index (χ0) is 23.4. The van der Waals surface area contributed by atoms with Crippen molar-refractivity contribution in [2.75, 3.05) is 0 Å². The standard InChI is InChI=1S/C21H21N5O5S/c1-12(16-7-9-17(10-8-16)31-21(28)18-6-5-11-32-18)22-23-20(27)15(4)25-14(3)19(26(29)30)13(2)24-25/h5-11,15H,1-4H3,(H,23,27)/b22-12+. The fourth-order valence-corrected chi connectivity index (χ4v) is 3.62. The van der Waals surface area contributed by atoms with Gasteiger partial charge < -0.3 is 4.74 Å². The van der Waals surface area contributed by atoms with Crippen LogP contribution in [-0.4, -0.2) is 32.3 Å². The van der Waals surface area contributed by atoms with Crippen LogP contribution in [0.5, 0.6) is 5.75 Å². The molecule has 0 saturated heterocycles. The Morgan fingerprint density at radius 2 is 1.94 bits per heavy atom. The summed E-state index contributed by atoms with van der Waals surface area (Å²) in [6.07, 6.45) is 0. The van der Waals surface area contributed by atoms with Crippen LogP contribution < -0.4 is 10.2 Å². The van der Waals surface area contributed by atoms with Gasteiger partial charge in [0, 0.05) is 0 Å². The van der Waals surface area contributed by atoms with E-state index in [1.807, 2.05) is 0 Å². The number of rotatable bonds is 7. The number of nitro groups is 1. The number of hydrogen-bond acceptors (Lipinski definition) is 8. The van der Waals surface area contributed by atoms with E-state index in [-0.39, 0.29) is 11.4 Å². The summed E-state index contributed by atoms with van der Waals surface area (Å²) in [4.78, 5) is 35.7. The molecule has 2 heterocycles. The minimum atomic E-state index is -0.794. The first-order valence-electron chi connectivity index (χ1n) is 9.59. The van der Waals surface area contributed by atoms with E-state index < -0.39 is 22.8 Å². The van der Waals surface area contributed by atoms with Crippen LogP contribution in [0.1, 0.15) is 46.5 Å². The molecule has 0 fully saturated rings. The van der Waals surface area contributed by atoms with Gasteiger partial charge in [0.25, 0.3) is 5.91 Å². The maximum atomic E-state index is 12.5. The topological polar surface area (TPSA) is 129 Å². The predicted octanol–water partition coefficient (Wildman–Crippen LogP) is 3.79. The lowest BCUT2D eigenvalue weighted by Gasteiger charge is -2.12. The van der Waals surface area contributed by atoms with Crippen molar-refractivity contribution < 1.29 is 19.2 Å². The molecule has 11 heteroatoms. The van der Waals surface area contributed by atoms with E-state index in [9.17, 15) is 19.7 Å². The first-order valence-corrected chi connectivity index (χ1v) is 10.5. The lowest BCUT2D eigenvalue weighted by molar-refractivity contribution is -0.386. The maximum absolute atomic E-state index is 12.5. The van der Waals surface area contributed by atoms with E-state index in [4.69, 9.17) is 4.74 Å². The van der Waals surface area contributed by atoms with Gasteiger partial charge in [-0.2, -0.15) is 10.2 Å². The predicted molar refractivity (Wildman–Crippen MR) is 119 cm³/mol. The van der Waals surface area contributed by atoms with Crippen molar-refractivity contribution in [3.8, 4) is 5.75 Å². The first kappa shape index (κ1) is 22.8. The van der Waals surface area contributed by atoms with Crippen molar-refractivity contribution in [3.05, 3.63) is 73.7 Å². The van der Waals surface area contributed by atoms with E-state index in [0.29, 0.717) is 22.0 Å². The van der Waals surface area contributed by atoms with E-state index in [1.54, 1.807) is 62.5 Å². The minimum absolute atomic E-state index is 0.107. The van der Waals surface area contributed by atoms with E-state index >= 15 is 0 Å². The van der Waals surface area contributed by atoms with Gasteiger partial charge in [0.1, 0.15) is 28.1 Å². The molecule has 1 amide bonds. The molecule has 1 atom stereocenters. The minimum Gasteiger partial charge on any atom is -0.422 e. The van der Waals surface area contributed by atoms with E-state index in [2.05, 4.69) is 15.6 Å². The van der Waals surface area contributed by atoms with Gasteiger partial charge in [0.15, 0.2) is 0 Å². The molecule has 166 valence electrons. The highest BCUT2D eigenvalue weighted by Crippen LogP contribution is 2.24. The summed E-state index contributed by atoms with van der Waals surface area (Å²) in [6.45, 7) is 6.37. The Balaban J connectivity index is 1.65. The summed E-state index contributed by atoms with van der Waals surface area (Å²) in [5.41, 5.74) is 4.14. The number of carbonyl (C=O) groups excluding carboxylic acids is 2. The Labute approximate surface area is 187 Å². The molecular formula is C21H21N5O5S. The van der Waals surface area contributed by atoms with Crippen molar-refractivity contribution in [1.82, 2.24) is 15.2 Å². The molecule has 0 saturated carbocycles. The third-order valence-electron chi connectivity index (χ3n) is 4.75. The number of nitrogens with one attached hydrogen (secondary N) is 1. The van der Waals surface area contributed by atoms with Gasteiger partial charge in [0.2, 0.25) is 0 Å². The smallest absolute Gasteiger partial charge is 0.353 e. The molecule has 0 aliphatic heterocycles. The average molecular weight is 455 g/mol. The number of nitrogens with zero attached hydrogens (tertiary/aromatic N) is 4. The molecule has 0 bridgehead atoms. The van der Waals surface area contributed by atoms with Crippen LogP contribution in [0.25, 0.3) is 0 Å². The third kappa shape index (κ3) is 4.89. The van der Waals surface area contributed by atoms with Crippen LogP contribution in [0.3, 0.4) is 0 Å². The summed E-state index contributed by atoms with van der Waals surface area (Å²) >= 11 is 1.30.